The maximum absolute atomic E-state index is 8.96. The first kappa shape index (κ1) is 20.0. The van der Waals surface area contributed by atoms with E-state index in [4.69, 9.17) is 30.6 Å². The Kier molecular flexibility index (Phi) is 14.4. The van der Waals surface area contributed by atoms with Crippen LogP contribution in [0.15, 0.2) is 0 Å². The van der Waals surface area contributed by atoms with Gasteiger partial charge in [-0.3, -0.25) is 0 Å². The molecule has 0 aromatic carbocycles. The minimum atomic E-state index is -1.67. The molecule has 0 saturated carbocycles. The summed E-state index contributed by atoms with van der Waals surface area (Å²) < 4.78 is 0. The Morgan fingerprint density at radius 1 is 0.714 bits per heavy atom. The fourth-order valence-electron chi connectivity index (χ4n) is 0.671. The van der Waals surface area contributed by atoms with Crippen LogP contribution in [0.25, 0.3) is 0 Å². The standard InChI is InChI=1S/C6H14O6.H2O.Sb/c7-1-3(9)5(11)6(12)4(10)2-8;;/h3-12H,1-2H2;1H2;. The van der Waals surface area contributed by atoms with E-state index in [1.807, 2.05) is 0 Å². The first-order valence-corrected chi connectivity index (χ1v) is 3.48. The summed E-state index contributed by atoms with van der Waals surface area (Å²) in [4.78, 5) is 0. The molecule has 14 heavy (non-hydrogen) atoms. The topological polar surface area (TPSA) is 153 Å². The summed E-state index contributed by atoms with van der Waals surface area (Å²) in [7, 11) is 0. The molecule has 0 fully saturated rings. The molecule has 0 bridgehead atoms. The van der Waals surface area contributed by atoms with Crippen molar-refractivity contribution in [2.45, 2.75) is 24.4 Å². The summed E-state index contributed by atoms with van der Waals surface area (Å²) >= 11 is 0. The molecule has 87 valence electrons. The largest absolute Gasteiger partial charge is 0.412 e. The van der Waals surface area contributed by atoms with Crippen molar-refractivity contribution in [3.8, 4) is 0 Å². The second-order valence-electron chi connectivity index (χ2n) is 2.48. The normalized spacial score (nSPS) is 18.4. The molecule has 0 spiro atoms. The first-order chi connectivity index (χ1) is 5.54. The van der Waals surface area contributed by atoms with Gasteiger partial charge in [-0.05, 0) is 0 Å². The minimum absolute atomic E-state index is 0. The fourth-order valence-corrected chi connectivity index (χ4v) is 0.671. The number of aliphatic hydroxyl groups excluding tert-OH is 6. The van der Waals surface area contributed by atoms with E-state index in [0.29, 0.717) is 0 Å². The molecule has 0 heterocycles. The van der Waals surface area contributed by atoms with E-state index in [9.17, 15) is 0 Å². The molecule has 0 amide bonds. The van der Waals surface area contributed by atoms with Crippen LogP contribution in [0.3, 0.4) is 0 Å². The molecule has 7 nitrogen and oxygen atoms in total. The van der Waals surface area contributed by atoms with Crippen molar-refractivity contribution in [2.24, 2.45) is 0 Å². The van der Waals surface area contributed by atoms with Gasteiger partial charge in [0.1, 0.15) is 24.4 Å². The second kappa shape index (κ2) is 10.1. The molecule has 0 saturated heterocycles. The molecule has 0 aromatic rings. The second-order valence-corrected chi connectivity index (χ2v) is 2.48. The average molecular weight is 322 g/mol. The van der Waals surface area contributed by atoms with Gasteiger partial charge in [-0.15, -0.1) is 0 Å². The van der Waals surface area contributed by atoms with Crippen molar-refractivity contribution >= 4 is 24.4 Å². The van der Waals surface area contributed by atoms with E-state index in [1.54, 1.807) is 0 Å². The van der Waals surface area contributed by atoms with Gasteiger partial charge < -0.3 is 36.1 Å². The van der Waals surface area contributed by atoms with Crippen LogP contribution >= 0.6 is 0 Å². The van der Waals surface area contributed by atoms with Gasteiger partial charge >= 0.3 is 0 Å². The van der Waals surface area contributed by atoms with Crippen LogP contribution < -0.4 is 0 Å². The summed E-state index contributed by atoms with van der Waals surface area (Å²) in [6.07, 6.45) is -6.39. The van der Waals surface area contributed by atoms with Gasteiger partial charge in [0, 0.05) is 24.4 Å². The van der Waals surface area contributed by atoms with E-state index < -0.39 is 37.6 Å². The predicted molar refractivity (Wildman–Crippen MR) is 47.6 cm³/mol. The SMILES string of the molecule is O.OCC(O)C(O)C(O)C(O)CO.[Sb]. The molecule has 0 aliphatic heterocycles. The summed E-state index contributed by atoms with van der Waals surface area (Å²) in [5.41, 5.74) is 0. The third-order valence-corrected chi connectivity index (χ3v) is 1.51. The molecule has 0 aliphatic carbocycles. The monoisotopic (exact) mass is 321 g/mol. The minimum Gasteiger partial charge on any atom is -0.412 e. The van der Waals surface area contributed by atoms with Crippen molar-refractivity contribution in [1.29, 1.82) is 0 Å². The molecule has 0 aromatic heterocycles. The molecule has 3 radical (unpaired) electrons. The Balaban J connectivity index is -0.000000605. The molecular formula is C6H16O7Sb. The Morgan fingerprint density at radius 2 is 0.929 bits per heavy atom. The van der Waals surface area contributed by atoms with Crippen molar-refractivity contribution in [1.82, 2.24) is 0 Å². The molecule has 0 rings (SSSR count). The van der Waals surface area contributed by atoms with E-state index in [0.717, 1.165) is 0 Å². The van der Waals surface area contributed by atoms with Crippen LogP contribution in [0.4, 0.5) is 0 Å². The van der Waals surface area contributed by atoms with Gasteiger partial charge in [0.25, 0.3) is 0 Å². The number of hydrogen-bond donors (Lipinski definition) is 6. The number of hydrogen-bond acceptors (Lipinski definition) is 6. The van der Waals surface area contributed by atoms with Crippen LogP contribution in [0, 0.1) is 0 Å². The van der Waals surface area contributed by atoms with E-state index in [-0.39, 0.29) is 29.9 Å². The van der Waals surface area contributed by atoms with E-state index >= 15 is 0 Å². The van der Waals surface area contributed by atoms with Crippen molar-refractivity contribution in [3.63, 3.8) is 0 Å². The van der Waals surface area contributed by atoms with Gasteiger partial charge in [0.2, 0.25) is 0 Å². The molecular weight excluding hydrogens is 306 g/mol. The van der Waals surface area contributed by atoms with Gasteiger partial charge in [0.15, 0.2) is 0 Å². The zero-order chi connectivity index (χ0) is 9.72. The van der Waals surface area contributed by atoms with E-state index in [2.05, 4.69) is 0 Å². The summed E-state index contributed by atoms with van der Waals surface area (Å²) in [6.45, 7) is -1.45. The summed E-state index contributed by atoms with van der Waals surface area (Å²) in [5, 5.41) is 52.2. The van der Waals surface area contributed by atoms with Crippen LogP contribution in [0.5, 0.6) is 0 Å². The quantitative estimate of drug-likeness (QED) is 0.279. The smallest absolute Gasteiger partial charge is 0.111 e. The van der Waals surface area contributed by atoms with Crippen LogP contribution in [-0.2, 0) is 0 Å². The zero-order valence-corrected chi connectivity index (χ0v) is 9.91. The Hall–Kier alpha value is 0.538. The fraction of sp³-hybridized carbons (Fsp3) is 1.00. The van der Waals surface area contributed by atoms with Crippen molar-refractivity contribution in [3.05, 3.63) is 0 Å². The molecule has 8 N–H and O–H groups in total. The molecule has 4 atom stereocenters. The molecule has 4 unspecified atom stereocenters. The molecule has 0 aliphatic rings. The predicted octanol–water partition coefficient (Wildman–Crippen LogP) is -4.79. The summed E-state index contributed by atoms with van der Waals surface area (Å²) in [5.74, 6) is 0. The van der Waals surface area contributed by atoms with Crippen LogP contribution in [0.1, 0.15) is 0 Å². The maximum atomic E-state index is 8.96. The Bertz CT molecular complexity index is 111. The van der Waals surface area contributed by atoms with Gasteiger partial charge in [-0.1, -0.05) is 0 Å². The molecule has 8 heteroatoms. The van der Waals surface area contributed by atoms with Crippen LogP contribution in [-0.4, -0.2) is 98.2 Å². The van der Waals surface area contributed by atoms with Crippen molar-refractivity contribution < 1.29 is 36.1 Å². The summed E-state index contributed by atoms with van der Waals surface area (Å²) in [6, 6.07) is 0. The maximum Gasteiger partial charge on any atom is 0.111 e. The Morgan fingerprint density at radius 3 is 1.07 bits per heavy atom. The number of aliphatic hydroxyl groups is 6. The third kappa shape index (κ3) is 6.10. The van der Waals surface area contributed by atoms with Gasteiger partial charge in [-0.25, -0.2) is 0 Å². The van der Waals surface area contributed by atoms with Crippen LogP contribution in [0.2, 0.25) is 0 Å². The number of rotatable bonds is 5. The van der Waals surface area contributed by atoms with Gasteiger partial charge in [-0.2, -0.15) is 0 Å². The van der Waals surface area contributed by atoms with Crippen molar-refractivity contribution in [2.75, 3.05) is 13.2 Å². The first-order valence-electron chi connectivity index (χ1n) is 3.48. The average Bonchev–Trinajstić information content (AvgIpc) is 2.12. The van der Waals surface area contributed by atoms with Gasteiger partial charge in [0.05, 0.1) is 13.2 Å². The third-order valence-electron chi connectivity index (χ3n) is 1.51. The van der Waals surface area contributed by atoms with E-state index in [1.165, 1.54) is 0 Å². The Labute approximate surface area is 98.4 Å². The zero-order valence-electron chi connectivity index (χ0n) is 7.35.